The zero-order valence-electron chi connectivity index (χ0n) is 33.4. The normalized spacial score (nSPS) is 20.2. The van der Waals surface area contributed by atoms with Gasteiger partial charge >= 0.3 is 6.03 Å². The van der Waals surface area contributed by atoms with Crippen molar-refractivity contribution >= 4 is 29.9 Å². The van der Waals surface area contributed by atoms with Gasteiger partial charge in [0.2, 0.25) is 5.95 Å². The second-order valence-corrected chi connectivity index (χ2v) is 16.0. The van der Waals surface area contributed by atoms with Crippen LogP contribution in [0.15, 0.2) is 61.1 Å². The van der Waals surface area contributed by atoms with E-state index in [9.17, 15) is 4.79 Å². The molecule has 2 fully saturated rings. The van der Waals surface area contributed by atoms with E-state index in [0.29, 0.717) is 11.9 Å². The lowest BCUT2D eigenvalue weighted by atomic mass is 9.85. The highest BCUT2D eigenvalue weighted by molar-refractivity contribution is 5.89. The van der Waals surface area contributed by atoms with Crippen molar-refractivity contribution in [1.29, 1.82) is 0 Å². The van der Waals surface area contributed by atoms with E-state index in [1.165, 1.54) is 6.42 Å². The molecule has 57 heavy (non-hydrogen) atoms. The molecule has 2 aliphatic heterocycles. The minimum Gasteiger partial charge on any atom is -0.484 e. The summed E-state index contributed by atoms with van der Waals surface area (Å²) < 4.78 is 18.1. The van der Waals surface area contributed by atoms with Gasteiger partial charge in [-0.25, -0.2) is 9.48 Å². The fraction of sp³-hybridized carbons (Fsp3) is 0.512. The molecule has 3 atom stereocenters. The van der Waals surface area contributed by atoms with Crippen LogP contribution in [0.2, 0.25) is 0 Å². The van der Waals surface area contributed by atoms with Gasteiger partial charge in [-0.15, -0.1) is 10.2 Å². The van der Waals surface area contributed by atoms with Crippen LogP contribution >= 0.6 is 0 Å². The van der Waals surface area contributed by atoms with Crippen LogP contribution < -0.4 is 20.3 Å². The number of nitrogens with zero attached hydrogens (tertiary/aromatic N) is 9. The Balaban J connectivity index is 0.00000160. The Morgan fingerprint density at radius 3 is 2.61 bits per heavy atom. The number of benzene rings is 1. The number of carbonyl (C=O) groups excluding carboxylic acids is 1. The van der Waals surface area contributed by atoms with Crippen molar-refractivity contribution in [3.63, 3.8) is 0 Å². The van der Waals surface area contributed by atoms with E-state index in [-0.39, 0.29) is 30.1 Å². The van der Waals surface area contributed by atoms with E-state index in [1.807, 2.05) is 58.0 Å². The van der Waals surface area contributed by atoms with Crippen molar-refractivity contribution in [1.82, 2.24) is 44.4 Å². The highest BCUT2D eigenvalue weighted by Gasteiger charge is 2.31. The summed E-state index contributed by atoms with van der Waals surface area (Å²) in [5, 5.41) is 31.8. The number of ether oxygens (including phenoxy) is 2. The molecule has 16 nitrogen and oxygen atoms in total. The van der Waals surface area contributed by atoms with E-state index >= 15 is 0 Å². The number of amides is 2. The second-order valence-electron chi connectivity index (χ2n) is 16.0. The molecule has 8 rings (SSSR count). The van der Waals surface area contributed by atoms with Gasteiger partial charge in [0, 0.05) is 50.3 Å². The van der Waals surface area contributed by atoms with Crippen LogP contribution in [0.5, 0.6) is 5.75 Å². The average Bonchev–Trinajstić information content (AvgIpc) is 3.90. The van der Waals surface area contributed by atoms with Gasteiger partial charge in [-0.05, 0) is 68.7 Å². The number of piperidine rings is 1. The van der Waals surface area contributed by atoms with Gasteiger partial charge < -0.3 is 24.8 Å². The number of aromatic nitrogens is 7. The maximum absolute atomic E-state index is 13.8. The monoisotopic (exact) mass is 781 g/mol. The van der Waals surface area contributed by atoms with Gasteiger partial charge in [0.25, 0.3) is 6.47 Å². The molecule has 2 saturated heterocycles. The molecule has 3 N–H and O–H groups in total. The molecule has 0 spiro atoms. The lowest BCUT2D eigenvalue weighted by Crippen LogP contribution is -2.38. The molecule has 1 aromatic carbocycles. The van der Waals surface area contributed by atoms with Crippen molar-refractivity contribution in [2.24, 2.45) is 0 Å². The molecule has 4 aromatic heterocycles. The van der Waals surface area contributed by atoms with Crippen molar-refractivity contribution in [2.75, 3.05) is 49.6 Å². The Morgan fingerprint density at radius 1 is 0.982 bits per heavy atom. The average molecular weight is 782 g/mol. The summed E-state index contributed by atoms with van der Waals surface area (Å²) in [7, 11) is 0. The molecule has 1 aliphatic carbocycles. The molecule has 5 aromatic rings. The number of hydrogen-bond donors (Lipinski definition) is 3. The number of pyridine rings is 1. The molecular weight excluding hydrogens is 727 g/mol. The van der Waals surface area contributed by atoms with E-state index in [4.69, 9.17) is 24.5 Å². The maximum Gasteiger partial charge on any atom is 0.320 e. The van der Waals surface area contributed by atoms with Crippen LogP contribution in [0.3, 0.4) is 0 Å². The zero-order valence-corrected chi connectivity index (χ0v) is 33.4. The summed E-state index contributed by atoms with van der Waals surface area (Å²) in [6.45, 7) is 14.6. The number of anilines is 2. The van der Waals surface area contributed by atoms with Gasteiger partial charge in [0.15, 0.2) is 5.65 Å². The van der Waals surface area contributed by atoms with Gasteiger partial charge in [-0.1, -0.05) is 45.0 Å². The predicted molar refractivity (Wildman–Crippen MR) is 216 cm³/mol. The van der Waals surface area contributed by atoms with Crippen molar-refractivity contribution in [3.8, 4) is 11.4 Å². The van der Waals surface area contributed by atoms with Gasteiger partial charge in [0.1, 0.15) is 23.4 Å². The van der Waals surface area contributed by atoms with Crippen LogP contribution in [0.1, 0.15) is 95.2 Å². The summed E-state index contributed by atoms with van der Waals surface area (Å²) in [5.41, 5.74) is 4.39. The first-order valence-electron chi connectivity index (χ1n) is 20.1. The van der Waals surface area contributed by atoms with E-state index in [0.717, 1.165) is 118 Å². The molecule has 0 unspecified atom stereocenters. The van der Waals surface area contributed by atoms with E-state index in [1.54, 1.807) is 4.68 Å². The number of urea groups is 1. The first-order valence-corrected chi connectivity index (χ1v) is 20.1. The van der Waals surface area contributed by atoms with Gasteiger partial charge in [0.05, 0.1) is 43.5 Å². The summed E-state index contributed by atoms with van der Waals surface area (Å²) in [4.78, 5) is 26.9. The number of carbonyl (C=O) groups is 2. The Bertz CT molecular complexity index is 2110. The third-order valence-corrected chi connectivity index (χ3v) is 11.0. The van der Waals surface area contributed by atoms with E-state index < -0.39 is 0 Å². The topological polar surface area (TPSA) is 169 Å². The quantitative estimate of drug-likeness (QED) is 0.150. The van der Waals surface area contributed by atoms with Gasteiger partial charge in [-0.3, -0.25) is 24.1 Å². The third kappa shape index (κ3) is 9.39. The molecule has 0 bridgehead atoms. The number of carboxylic acid groups (broad SMARTS) is 1. The number of rotatable bonds is 9. The highest BCUT2D eigenvalue weighted by Crippen LogP contribution is 2.39. The van der Waals surface area contributed by atoms with Crippen molar-refractivity contribution < 1.29 is 24.2 Å². The molecular formula is C41H55N11O5. The van der Waals surface area contributed by atoms with Crippen LogP contribution in [-0.2, 0) is 21.5 Å². The highest BCUT2D eigenvalue weighted by atomic mass is 16.5. The van der Waals surface area contributed by atoms with Gasteiger partial charge in [-0.2, -0.15) is 10.2 Å². The molecule has 3 aliphatic rings. The number of hydrogen-bond acceptors (Lipinski definition) is 10. The second kappa shape index (κ2) is 17.8. The lowest BCUT2D eigenvalue weighted by Gasteiger charge is -2.33. The molecule has 0 saturated carbocycles. The summed E-state index contributed by atoms with van der Waals surface area (Å²) >= 11 is 0. The molecule has 0 radical (unpaired) electrons. The Hall–Kier alpha value is -5.48. The smallest absolute Gasteiger partial charge is 0.320 e. The van der Waals surface area contributed by atoms with Crippen molar-refractivity contribution in [2.45, 2.75) is 96.4 Å². The van der Waals surface area contributed by atoms with Crippen LogP contribution in [0, 0.1) is 0 Å². The number of nitrogens with one attached hydrogen (secondary N) is 2. The molecule has 304 valence electrons. The van der Waals surface area contributed by atoms with Crippen LogP contribution in [0.4, 0.5) is 16.6 Å². The van der Waals surface area contributed by atoms with Crippen molar-refractivity contribution in [3.05, 3.63) is 77.9 Å². The minimum absolute atomic E-state index is 0.159. The minimum atomic E-state index is -0.288. The summed E-state index contributed by atoms with van der Waals surface area (Å²) in [6, 6.07) is 14.1. The summed E-state index contributed by atoms with van der Waals surface area (Å²) in [6.07, 6.45) is 11.7. The summed E-state index contributed by atoms with van der Waals surface area (Å²) in [5.74, 6) is 2.22. The molecule has 6 heterocycles. The SMILES string of the molecule is C[C@H]1CCCCN1c1nnc2ccc(O[C@@H]3CC[C@H](NC(=O)Nc4cc(C(C)(C)C)nn4-c4cnn(CCN5CCCOCC5)c4)c4ccccc43)cn12.O=CO. The largest absolute Gasteiger partial charge is 0.484 e. The predicted octanol–water partition coefficient (Wildman–Crippen LogP) is 5.99. The Morgan fingerprint density at radius 2 is 1.81 bits per heavy atom. The first-order chi connectivity index (χ1) is 27.6. The standard InChI is InChI=1S/C40H53N11O3.CH2O2/c1-28-10-7-8-18-49(28)39-45-44-36-16-13-30(27-50(36)39)54-34-15-14-33(31-11-5-6-12-32(31)34)42-38(52)43-37-24-35(40(2,3)4)46-51(37)29-25-41-48(26-29)20-19-47-17-9-22-53-23-21-47;2-1-3/h5-6,11-13,16,24-28,33-34H,7-10,14-15,17-23H2,1-4H3,(H2,42,43,52);1H,(H,2,3)/t28-,33-,34+;/m0./s1. The maximum atomic E-state index is 13.8. The Kier molecular flexibility index (Phi) is 12.4. The fourth-order valence-corrected chi connectivity index (χ4v) is 7.90. The zero-order chi connectivity index (χ0) is 39.9. The third-order valence-electron chi connectivity index (χ3n) is 11.0. The van der Waals surface area contributed by atoms with Crippen LogP contribution in [0.25, 0.3) is 11.3 Å². The fourth-order valence-electron chi connectivity index (χ4n) is 7.90. The number of fused-ring (bicyclic) bond motifs is 2. The molecule has 16 heteroatoms. The molecule has 2 amide bonds. The van der Waals surface area contributed by atoms with E-state index in [2.05, 4.69) is 75.6 Å². The lowest BCUT2D eigenvalue weighted by molar-refractivity contribution is -0.122. The first kappa shape index (κ1) is 39.7. The van der Waals surface area contributed by atoms with Crippen LogP contribution in [-0.4, -0.2) is 102 Å². The Labute approximate surface area is 333 Å².